The van der Waals surface area contributed by atoms with Crippen LogP contribution in [0, 0.1) is 11.3 Å². The van der Waals surface area contributed by atoms with Crippen molar-refractivity contribution in [3.63, 3.8) is 0 Å². The first-order valence-corrected chi connectivity index (χ1v) is 8.21. The Balaban J connectivity index is 1.59. The van der Waals surface area contributed by atoms with E-state index in [1.165, 1.54) is 13.1 Å². The van der Waals surface area contributed by atoms with Crippen molar-refractivity contribution in [3.8, 4) is 17.6 Å². The third kappa shape index (κ3) is 4.44. The Hall–Kier alpha value is -3.79. The second-order valence-electron chi connectivity index (χ2n) is 5.83. The average molecular weight is 363 g/mol. The quantitative estimate of drug-likeness (QED) is 0.465. The van der Waals surface area contributed by atoms with Crippen LogP contribution >= 0.6 is 0 Å². The van der Waals surface area contributed by atoms with Crippen LogP contribution in [0.5, 0.6) is 11.5 Å². The summed E-state index contributed by atoms with van der Waals surface area (Å²) in [7, 11) is 0. The molecule has 0 spiro atoms. The second kappa shape index (κ2) is 8.06. The number of hydrogen-bond donors (Lipinski definition) is 2. The van der Waals surface area contributed by atoms with Gasteiger partial charge in [-0.05, 0) is 48.9 Å². The van der Waals surface area contributed by atoms with Crippen LogP contribution in [0.15, 0.2) is 54.2 Å². The van der Waals surface area contributed by atoms with Crippen LogP contribution in [0.1, 0.15) is 22.8 Å². The molecule has 0 saturated carbocycles. The summed E-state index contributed by atoms with van der Waals surface area (Å²) in [6.07, 6.45) is 1.36. The number of carbonyl (C=O) groups is 2. The number of benzene rings is 2. The number of ketones is 1. The maximum absolute atomic E-state index is 12.2. The van der Waals surface area contributed by atoms with Crippen LogP contribution in [0.3, 0.4) is 0 Å². The van der Waals surface area contributed by atoms with Crippen molar-refractivity contribution >= 4 is 17.4 Å². The lowest BCUT2D eigenvalue weighted by Crippen LogP contribution is -2.16. The molecule has 1 aliphatic heterocycles. The molecule has 27 heavy (non-hydrogen) atoms. The van der Waals surface area contributed by atoms with Gasteiger partial charge in [-0.3, -0.25) is 9.59 Å². The first-order valence-electron chi connectivity index (χ1n) is 8.21. The zero-order chi connectivity index (χ0) is 19.2. The Morgan fingerprint density at radius 1 is 1.15 bits per heavy atom. The van der Waals surface area contributed by atoms with Gasteiger partial charge in [0.25, 0.3) is 5.91 Å². The Kier molecular flexibility index (Phi) is 5.38. The number of rotatable bonds is 6. The molecule has 7 heteroatoms. The van der Waals surface area contributed by atoms with E-state index < -0.39 is 5.91 Å². The van der Waals surface area contributed by atoms with Gasteiger partial charge in [-0.15, -0.1) is 0 Å². The van der Waals surface area contributed by atoms with Crippen molar-refractivity contribution in [1.29, 1.82) is 5.26 Å². The van der Waals surface area contributed by atoms with E-state index in [0.29, 0.717) is 29.3 Å². The Bertz CT molecular complexity index is 943. The highest BCUT2D eigenvalue weighted by molar-refractivity contribution is 6.06. The van der Waals surface area contributed by atoms with Crippen LogP contribution in [-0.4, -0.2) is 18.5 Å². The third-order valence-corrected chi connectivity index (χ3v) is 3.90. The lowest BCUT2D eigenvalue weighted by molar-refractivity contribution is -0.112. The zero-order valence-electron chi connectivity index (χ0n) is 14.6. The summed E-state index contributed by atoms with van der Waals surface area (Å²) >= 11 is 0. The van der Waals surface area contributed by atoms with Gasteiger partial charge in [0.15, 0.2) is 17.3 Å². The van der Waals surface area contributed by atoms with E-state index in [1.807, 2.05) is 24.3 Å². The first-order chi connectivity index (χ1) is 13.1. The van der Waals surface area contributed by atoms with E-state index in [2.05, 4.69) is 10.6 Å². The fourth-order valence-corrected chi connectivity index (χ4v) is 2.46. The van der Waals surface area contributed by atoms with E-state index in [9.17, 15) is 14.9 Å². The maximum atomic E-state index is 12.2. The Morgan fingerprint density at radius 3 is 2.59 bits per heavy atom. The molecule has 3 rings (SSSR count). The Labute approximate surface area is 156 Å². The van der Waals surface area contributed by atoms with E-state index in [0.717, 1.165) is 5.56 Å². The highest BCUT2D eigenvalue weighted by Gasteiger charge is 2.13. The van der Waals surface area contributed by atoms with Gasteiger partial charge in [0, 0.05) is 24.0 Å². The van der Waals surface area contributed by atoms with Crippen LogP contribution < -0.4 is 20.1 Å². The molecule has 2 aromatic carbocycles. The van der Waals surface area contributed by atoms with E-state index in [4.69, 9.17) is 9.47 Å². The van der Waals surface area contributed by atoms with Crippen LogP contribution in [-0.2, 0) is 11.3 Å². The molecule has 1 amide bonds. The molecule has 0 aromatic heterocycles. The number of ether oxygens (including phenoxy) is 2. The molecule has 0 unspecified atom stereocenters. The third-order valence-electron chi connectivity index (χ3n) is 3.90. The van der Waals surface area contributed by atoms with Gasteiger partial charge < -0.3 is 20.1 Å². The lowest BCUT2D eigenvalue weighted by Gasteiger charge is -2.06. The summed E-state index contributed by atoms with van der Waals surface area (Å²) in [6.45, 7) is 2.09. The number of amides is 1. The van der Waals surface area contributed by atoms with Crippen LogP contribution in [0.25, 0.3) is 0 Å². The van der Waals surface area contributed by atoms with Gasteiger partial charge in [-0.1, -0.05) is 6.07 Å². The number of hydrogen-bond acceptors (Lipinski definition) is 6. The minimum absolute atomic E-state index is 0.0572. The van der Waals surface area contributed by atoms with Crippen molar-refractivity contribution in [2.45, 2.75) is 13.5 Å². The molecule has 2 aromatic rings. The second-order valence-corrected chi connectivity index (χ2v) is 5.83. The molecule has 136 valence electrons. The minimum atomic E-state index is -0.536. The van der Waals surface area contributed by atoms with Crippen LogP contribution in [0.4, 0.5) is 5.69 Å². The van der Waals surface area contributed by atoms with E-state index >= 15 is 0 Å². The predicted octanol–water partition coefficient (Wildman–Crippen LogP) is 2.75. The summed E-state index contributed by atoms with van der Waals surface area (Å²) in [5.41, 5.74) is 1.91. The molecule has 7 nitrogen and oxygen atoms in total. The van der Waals surface area contributed by atoms with Gasteiger partial charge in [-0.2, -0.15) is 5.26 Å². The molecule has 1 aliphatic rings. The number of carbonyl (C=O) groups excluding carboxylic acids is 2. The summed E-state index contributed by atoms with van der Waals surface area (Å²) in [6, 6.07) is 13.9. The van der Waals surface area contributed by atoms with E-state index in [-0.39, 0.29) is 18.1 Å². The van der Waals surface area contributed by atoms with Crippen molar-refractivity contribution in [2.24, 2.45) is 0 Å². The SMILES string of the molecule is CC(=O)c1ccc(NC(=O)/C(C#N)=C\NCc2ccc3c(c2)OCO3)cc1. The zero-order valence-corrected chi connectivity index (χ0v) is 14.6. The number of fused-ring (bicyclic) bond motifs is 1. The molecular formula is C20H17N3O4. The number of Topliss-reactive ketones (excluding diaryl/α,β-unsaturated/α-hetero) is 1. The highest BCUT2D eigenvalue weighted by Crippen LogP contribution is 2.32. The monoisotopic (exact) mass is 363 g/mol. The van der Waals surface area contributed by atoms with Crippen molar-refractivity contribution < 1.29 is 19.1 Å². The normalized spacial score (nSPS) is 12.2. The van der Waals surface area contributed by atoms with Crippen molar-refractivity contribution in [1.82, 2.24) is 5.32 Å². The van der Waals surface area contributed by atoms with Gasteiger partial charge in [0.2, 0.25) is 6.79 Å². The summed E-state index contributed by atoms with van der Waals surface area (Å²) in [5.74, 6) is 0.775. The van der Waals surface area contributed by atoms with E-state index in [1.54, 1.807) is 24.3 Å². The molecule has 0 saturated heterocycles. The summed E-state index contributed by atoms with van der Waals surface area (Å²) in [4.78, 5) is 23.5. The number of nitrogens with zero attached hydrogens (tertiary/aromatic N) is 1. The van der Waals surface area contributed by atoms with Gasteiger partial charge in [-0.25, -0.2) is 0 Å². The minimum Gasteiger partial charge on any atom is -0.454 e. The van der Waals surface area contributed by atoms with Gasteiger partial charge in [0.05, 0.1) is 0 Å². The highest BCUT2D eigenvalue weighted by atomic mass is 16.7. The largest absolute Gasteiger partial charge is 0.454 e. The van der Waals surface area contributed by atoms with Gasteiger partial charge >= 0.3 is 0 Å². The van der Waals surface area contributed by atoms with Crippen molar-refractivity contribution in [2.75, 3.05) is 12.1 Å². The molecule has 2 N–H and O–H groups in total. The molecular weight excluding hydrogens is 346 g/mol. The number of nitrogens with one attached hydrogen (secondary N) is 2. The molecule has 0 bridgehead atoms. The molecule has 0 radical (unpaired) electrons. The molecule has 0 atom stereocenters. The topological polar surface area (TPSA) is 100 Å². The standard InChI is InChI=1S/C20H17N3O4/c1-13(24)15-3-5-17(6-4-15)23-20(25)16(9-21)11-22-10-14-2-7-18-19(8-14)27-12-26-18/h2-8,11,22H,10,12H2,1H3,(H,23,25)/b16-11-. The summed E-state index contributed by atoms with van der Waals surface area (Å²) < 4.78 is 10.6. The Morgan fingerprint density at radius 2 is 1.89 bits per heavy atom. The molecule has 1 heterocycles. The molecule has 0 aliphatic carbocycles. The van der Waals surface area contributed by atoms with Crippen LogP contribution in [0.2, 0.25) is 0 Å². The fourth-order valence-electron chi connectivity index (χ4n) is 2.46. The lowest BCUT2D eigenvalue weighted by atomic mass is 10.1. The number of nitriles is 1. The first kappa shape index (κ1) is 18.0. The molecule has 0 fully saturated rings. The fraction of sp³-hybridized carbons (Fsp3) is 0.150. The van der Waals surface area contributed by atoms with Gasteiger partial charge in [0.1, 0.15) is 11.6 Å². The average Bonchev–Trinajstić information content (AvgIpc) is 3.13. The summed E-state index contributed by atoms with van der Waals surface area (Å²) in [5, 5.41) is 14.8. The maximum Gasteiger partial charge on any atom is 0.267 e. The number of anilines is 1. The van der Waals surface area contributed by atoms with Crippen molar-refractivity contribution in [3.05, 3.63) is 65.4 Å². The predicted molar refractivity (Wildman–Crippen MR) is 98.2 cm³/mol. The smallest absolute Gasteiger partial charge is 0.267 e.